The number of amides is 2. The lowest BCUT2D eigenvalue weighted by molar-refractivity contribution is -0.136. The second-order valence-electron chi connectivity index (χ2n) is 4.42. The average molecular weight is 276 g/mol. The lowest BCUT2D eigenvalue weighted by Crippen LogP contribution is -2.36. The first-order valence-corrected chi connectivity index (χ1v) is 6.43. The lowest BCUT2D eigenvalue weighted by Gasteiger charge is -2.09. The van der Waals surface area contributed by atoms with Gasteiger partial charge in [0.15, 0.2) is 0 Å². The molecule has 2 amide bonds. The molecule has 0 saturated heterocycles. The zero-order valence-electron chi connectivity index (χ0n) is 11.9. The first-order chi connectivity index (χ1) is 9.54. The Hall–Kier alpha value is -2.30. The molecule has 0 aliphatic carbocycles. The molecule has 0 radical (unpaired) electrons. The van der Waals surface area contributed by atoms with Crippen LogP contribution in [0, 0.1) is 13.8 Å². The molecule has 0 aliphatic rings. The van der Waals surface area contributed by atoms with Crippen LogP contribution in [0.4, 0.5) is 5.69 Å². The number of ether oxygens (including phenoxy) is 1. The van der Waals surface area contributed by atoms with Crippen LogP contribution in [0.15, 0.2) is 31.0 Å². The Labute approximate surface area is 119 Å². The van der Waals surface area contributed by atoms with Crippen molar-refractivity contribution in [2.75, 3.05) is 18.5 Å². The highest BCUT2D eigenvalue weighted by Crippen LogP contribution is 2.15. The molecule has 0 heterocycles. The van der Waals surface area contributed by atoms with E-state index in [2.05, 4.69) is 17.2 Å². The predicted octanol–water partition coefficient (Wildman–Crippen LogP) is 1.91. The Morgan fingerprint density at radius 3 is 2.70 bits per heavy atom. The summed E-state index contributed by atoms with van der Waals surface area (Å²) in [6.45, 7) is 8.10. The zero-order chi connectivity index (χ0) is 15.0. The lowest BCUT2D eigenvalue weighted by atomic mass is 10.1. The van der Waals surface area contributed by atoms with Gasteiger partial charge in [-0.25, -0.2) is 0 Å². The average Bonchev–Trinajstić information content (AvgIpc) is 2.41. The molecule has 5 heteroatoms. The van der Waals surface area contributed by atoms with Gasteiger partial charge in [0.05, 0.1) is 12.9 Å². The number of aryl methyl sites for hydroxylation is 2. The maximum atomic E-state index is 11.7. The van der Waals surface area contributed by atoms with Crippen LogP contribution < -0.4 is 10.6 Å². The van der Waals surface area contributed by atoms with E-state index in [0.717, 1.165) is 11.1 Å². The van der Waals surface area contributed by atoms with Gasteiger partial charge in [-0.1, -0.05) is 24.3 Å². The quantitative estimate of drug-likeness (QED) is 0.474. The van der Waals surface area contributed by atoms with Crippen LogP contribution in [-0.2, 0) is 14.3 Å². The fourth-order valence-corrected chi connectivity index (χ4v) is 1.65. The fraction of sp³-hybridized carbons (Fsp3) is 0.333. The third kappa shape index (κ3) is 5.14. The minimum Gasteiger partial charge on any atom is -0.502 e. The summed E-state index contributed by atoms with van der Waals surface area (Å²) in [6.07, 6.45) is 1.96. The van der Waals surface area contributed by atoms with Gasteiger partial charge in [-0.3, -0.25) is 9.59 Å². The summed E-state index contributed by atoms with van der Waals surface area (Å²) in [5, 5.41) is 5.12. The van der Waals surface area contributed by atoms with Gasteiger partial charge in [0.1, 0.15) is 0 Å². The molecule has 1 rings (SSSR count). The van der Waals surface area contributed by atoms with Crippen LogP contribution in [0.1, 0.15) is 17.5 Å². The summed E-state index contributed by atoms with van der Waals surface area (Å²) in [5.41, 5.74) is 2.67. The molecule has 20 heavy (non-hydrogen) atoms. The standard InChI is InChI=1S/C15H20N2O3/c1-4-20-9-5-8-16-14(18)15(19)17-13-7-6-11(2)10-12(13)3/h4,6-7,10H,1,5,8-9H2,2-3H3,(H,16,18)(H,17,19). The van der Waals surface area contributed by atoms with Gasteiger partial charge in [-0.2, -0.15) is 0 Å². The van der Waals surface area contributed by atoms with Crippen LogP contribution in [0.3, 0.4) is 0 Å². The number of anilines is 1. The van der Waals surface area contributed by atoms with Gasteiger partial charge in [0.25, 0.3) is 0 Å². The van der Waals surface area contributed by atoms with Gasteiger partial charge in [-0.15, -0.1) is 0 Å². The molecular weight excluding hydrogens is 256 g/mol. The van der Waals surface area contributed by atoms with E-state index in [9.17, 15) is 9.59 Å². The van der Waals surface area contributed by atoms with Gasteiger partial charge in [0, 0.05) is 12.2 Å². The van der Waals surface area contributed by atoms with Crippen LogP contribution in [0.25, 0.3) is 0 Å². The molecule has 0 atom stereocenters. The second kappa shape index (κ2) is 7.99. The highest BCUT2D eigenvalue weighted by atomic mass is 16.5. The predicted molar refractivity (Wildman–Crippen MR) is 78.3 cm³/mol. The van der Waals surface area contributed by atoms with E-state index in [1.54, 1.807) is 6.07 Å². The Morgan fingerprint density at radius 1 is 1.30 bits per heavy atom. The highest BCUT2D eigenvalue weighted by molar-refractivity contribution is 6.39. The molecule has 1 aromatic carbocycles. The van der Waals surface area contributed by atoms with Gasteiger partial charge in [-0.05, 0) is 31.9 Å². The van der Waals surface area contributed by atoms with Gasteiger partial charge >= 0.3 is 11.8 Å². The zero-order valence-corrected chi connectivity index (χ0v) is 11.9. The van der Waals surface area contributed by atoms with E-state index in [1.165, 1.54) is 6.26 Å². The maximum absolute atomic E-state index is 11.7. The Balaban J connectivity index is 2.41. The van der Waals surface area contributed by atoms with E-state index in [-0.39, 0.29) is 0 Å². The monoisotopic (exact) mass is 276 g/mol. The fourth-order valence-electron chi connectivity index (χ4n) is 1.65. The largest absolute Gasteiger partial charge is 0.502 e. The molecule has 108 valence electrons. The molecule has 5 nitrogen and oxygen atoms in total. The first kappa shape index (κ1) is 15.8. The van der Waals surface area contributed by atoms with Crippen molar-refractivity contribution in [3.8, 4) is 0 Å². The Kier molecular flexibility index (Phi) is 6.29. The van der Waals surface area contributed by atoms with Crippen LogP contribution in [0.2, 0.25) is 0 Å². The van der Waals surface area contributed by atoms with E-state index < -0.39 is 11.8 Å². The van der Waals surface area contributed by atoms with Crippen molar-refractivity contribution in [1.29, 1.82) is 0 Å². The molecule has 0 bridgehead atoms. The van der Waals surface area contributed by atoms with Crippen LogP contribution >= 0.6 is 0 Å². The minimum atomic E-state index is -0.665. The topological polar surface area (TPSA) is 67.4 Å². The molecule has 0 aromatic heterocycles. The molecule has 0 saturated carbocycles. The first-order valence-electron chi connectivity index (χ1n) is 6.43. The normalized spacial score (nSPS) is 9.70. The van der Waals surface area contributed by atoms with E-state index in [0.29, 0.717) is 25.3 Å². The number of hydrogen-bond acceptors (Lipinski definition) is 3. The minimum absolute atomic E-state index is 0.382. The van der Waals surface area contributed by atoms with Crippen molar-refractivity contribution in [1.82, 2.24) is 5.32 Å². The molecular formula is C15H20N2O3. The van der Waals surface area contributed by atoms with E-state index in [4.69, 9.17) is 4.74 Å². The third-order valence-electron chi connectivity index (χ3n) is 2.68. The second-order valence-corrected chi connectivity index (χ2v) is 4.42. The van der Waals surface area contributed by atoms with Crippen molar-refractivity contribution in [2.24, 2.45) is 0 Å². The van der Waals surface area contributed by atoms with Crippen LogP contribution in [0.5, 0.6) is 0 Å². The SMILES string of the molecule is C=COCCCNC(=O)C(=O)Nc1ccc(C)cc1C. The molecule has 0 aliphatic heterocycles. The third-order valence-corrected chi connectivity index (χ3v) is 2.68. The van der Waals surface area contributed by atoms with Gasteiger partial charge < -0.3 is 15.4 Å². The Morgan fingerprint density at radius 2 is 2.05 bits per heavy atom. The van der Waals surface area contributed by atoms with Crippen molar-refractivity contribution in [2.45, 2.75) is 20.3 Å². The van der Waals surface area contributed by atoms with Gasteiger partial charge in [0.2, 0.25) is 0 Å². The molecule has 1 aromatic rings. The van der Waals surface area contributed by atoms with Crippen LogP contribution in [-0.4, -0.2) is 25.0 Å². The number of benzene rings is 1. The maximum Gasteiger partial charge on any atom is 0.313 e. The molecule has 0 spiro atoms. The molecule has 0 fully saturated rings. The molecule has 0 unspecified atom stereocenters. The summed E-state index contributed by atoms with van der Waals surface area (Å²) in [5.74, 6) is -1.31. The Bertz CT molecular complexity index is 498. The van der Waals surface area contributed by atoms with Crippen molar-refractivity contribution in [3.05, 3.63) is 42.2 Å². The number of rotatable bonds is 6. The summed E-state index contributed by atoms with van der Waals surface area (Å²) in [6, 6.07) is 5.61. The number of hydrogen-bond donors (Lipinski definition) is 2. The molecule has 2 N–H and O–H groups in total. The van der Waals surface area contributed by atoms with Crippen molar-refractivity contribution in [3.63, 3.8) is 0 Å². The summed E-state index contributed by atoms with van der Waals surface area (Å²) >= 11 is 0. The number of carbonyl (C=O) groups is 2. The smallest absolute Gasteiger partial charge is 0.313 e. The van der Waals surface area contributed by atoms with E-state index in [1.807, 2.05) is 26.0 Å². The highest BCUT2D eigenvalue weighted by Gasteiger charge is 2.13. The number of carbonyl (C=O) groups excluding carboxylic acids is 2. The van der Waals surface area contributed by atoms with E-state index >= 15 is 0 Å². The summed E-state index contributed by atoms with van der Waals surface area (Å²) in [7, 11) is 0. The van der Waals surface area contributed by atoms with Crippen molar-refractivity contribution < 1.29 is 14.3 Å². The summed E-state index contributed by atoms with van der Waals surface area (Å²) in [4.78, 5) is 23.3. The number of nitrogens with one attached hydrogen (secondary N) is 2. The van der Waals surface area contributed by atoms with Crippen molar-refractivity contribution >= 4 is 17.5 Å². The summed E-state index contributed by atoms with van der Waals surface area (Å²) < 4.78 is 4.91.